The minimum atomic E-state index is -4.45. The summed E-state index contributed by atoms with van der Waals surface area (Å²) in [4.78, 5) is 14.7. The van der Waals surface area contributed by atoms with Gasteiger partial charge in [0.15, 0.2) is 0 Å². The van der Waals surface area contributed by atoms with Crippen molar-refractivity contribution in [2.24, 2.45) is 0 Å². The van der Waals surface area contributed by atoms with Gasteiger partial charge in [0.2, 0.25) is 0 Å². The molecule has 0 N–H and O–H groups in total. The molecule has 0 radical (unpaired) electrons. The van der Waals surface area contributed by atoms with Crippen LogP contribution in [0.3, 0.4) is 0 Å². The third kappa shape index (κ3) is 4.26. The number of halogens is 3. The first-order chi connectivity index (χ1) is 12.3. The van der Waals surface area contributed by atoms with Crippen molar-refractivity contribution in [1.29, 1.82) is 0 Å². The van der Waals surface area contributed by atoms with Gasteiger partial charge >= 0.3 is 6.18 Å². The van der Waals surface area contributed by atoms with E-state index in [0.29, 0.717) is 12.1 Å². The van der Waals surface area contributed by atoms with Crippen molar-refractivity contribution in [1.82, 2.24) is 4.90 Å². The van der Waals surface area contributed by atoms with E-state index in [4.69, 9.17) is 0 Å². The van der Waals surface area contributed by atoms with E-state index < -0.39 is 11.7 Å². The highest BCUT2D eigenvalue weighted by Crippen LogP contribution is 2.31. The predicted octanol–water partition coefficient (Wildman–Crippen LogP) is 5.25. The fourth-order valence-corrected chi connectivity index (χ4v) is 3.60. The Morgan fingerprint density at radius 2 is 1.85 bits per heavy atom. The summed E-state index contributed by atoms with van der Waals surface area (Å²) in [5.74, 6) is -0.306. The summed E-state index contributed by atoms with van der Waals surface area (Å²) in [5.41, 5.74) is 0.937. The molecule has 1 amide bonds. The molecule has 0 unspecified atom stereocenters. The van der Waals surface area contributed by atoms with E-state index in [9.17, 15) is 18.0 Å². The normalized spacial score (nSPS) is 18.0. The third-order valence-electron chi connectivity index (χ3n) is 4.85. The fraction of sp³-hybridized carbons (Fsp3) is 0.381. The van der Waals surface area contributed by atoms with Gasteiger partial charge in [-0.25, -0.2) is 0 Å². The SMILES string of the molecule is Cc1cc(C(=O)N2CCCC[C@H]2Cc2ccccc2)cc(C(F)(F)F)c1. The zero-order chi connectivity index (χ0) is 18.7. The summed E-state index contributed by atoms with van der Waals surface area (Å²) in [5, 5.41) is 0. The Kier molecular flexibility index (Phi) is 5.35. The van der Waals surface area contributed by atoms with E-state index >= 15 is 0 Å². The zero-order valence-electron chi connectivity index (χ0n) is 14.7. The number of carbonyl (C=O) groups excluding carboxylic acids is 1. The van der Waals surface area contributed by atoms with Crippen molar-refractivity contribution < 1.29 is 18.0 Å². The smallest absolute Gasteiger partial charge is 0.335 e. The first-order valence-electron chi connectivity index (χ1n) is 8.88. The lowest BCUT2D eigenvalue weighted by molar-refractivity contribution is -0.137. The number of hydrogen-bond acceptors (Lipinski definition) is 1. The summed E-state index contributed by atoms with van der Waals surface area (Å²) in [6.45, 7) is 2.18. The first-order valence-corrected chi connectivity index (χ1v) is 8.88. The number of amides is 1. The number of rotatable bonds is 3. The molecule has 5 heteroatoms. The predicted molar refractivity (Wildman–Crippen MR) is 95.0 cm³/mol. The van der Waals surface area contributed by atoms with E-state index in [0.717, 1.165) is 43.4 Å². The highest BCUT2D eigenvalue weighted by atomic mass is 19.4. The summed E-state index contributed by atoms with van der Waals surface area (Å²) < 4.78 is 39.3. The molecule has 1 saturated heterocycles. The van der Waals surface area contributed by atoms with Crippen LogP contribution in [0.2, 0.25) is 0 Å². The van der Waals surface area contributed by atoms with Gasteiger partial charge in [-0.05, 0) is 61.9 Å². The minimum Gasteiger partial charge on any atom is -0.335 e. The second kappa shape index (κ2) is 7.52. The Morgan fingerprint density at radius 1 is 1.12 bits per heavy atom. The van der Waals surface area contributed by atoms with Crippen LogP contribution in [-0.2, 0) is 12.6 Å². The molecular formula is C21H22F3NO. The standard InChI is InChI=1S/C21H22F3NO/c1-15-11-17(14-18(12-15)21(22,23)24)20(26)25-10-6-5-9-19(25)13-16-7-3-2-4-8-16/h2-4,7-8,11-12,14,19H,5-6,9-10,13H2,1H3/t19-/m0/s1. The Bertz CT molecular complexity index is 771. The average molecular weight is 361 g/mol. The number of alkyl halides is 3. The van der Waals surface area contributed by atoms with E-state index in [1.165, 1.54) is 0 Å². The molecule has 1 aliphatic rings. The van der Waals surface area contributed by atoms with Crippen molar-refractivity contribution in [2.45, 2.75) is 44.8 Å². The number of piperidine rings is 1. The second-order valence-corrected chi connectivity index (χ2v) is 6.92. The van der Waals surface area contributed by atoms with E-state index in [2.05, 4.69) is 0 Å². The van der Waals surface area contributed by atoms with Gasteiger partial charge in [-0.1, -0.05) is 30.3 Å². The highest BCUT2D eigenvalue weighted by molar-refractivity contribution is 5.95. The molecule has 3 rings (SSSR count). The van der Waals surface area contributed by atoms with Gasteiger partial charge < -0.3 is 4.90 Å². The lowest BCUT2D eigenvalue weighted by Crippen LogP contribution is -2.45. The molecule has 1 atom stereocenters. The molecule has 26 heavy (non-hydrogen) atoms. The van der Waals surface area contributed by atoms with E-state index in [1.54, 1.807) is 17.9 Å². The molecule has 0 saturated carbocycles. The summed E-state index contributed by atoms with van der Waals surface area (Å²) >= 11 is 0. The molecule has 1 aliphatic heterocycles. The number of carbonyl (C=O) groups is 1. The van der Waals surface area contributed by atoms with Crippen molar-refractivity contribution in [3.8, 4) is 0 Å². The number of benzene rings is 2. The van der Waals surface area contributed by atoms with Crippen LogP contribution in [0.5, 0.6) is 0 Å². The third-order valence-corrected chi connectivity index (χ3v) is 4.85. The summed E-state index contributed by atoms with van der Waals surface area (Å²) in [7, 11) is 0. The molecule has 0 aliphatic carbocycles. The van der Waals surface area contributed by atoms with Crippen LogP contribution in [0.1, 0.15) is 46.3 Å². The molecule has 1 fully saturated rings. The molecular weight excluding hydrogens is 339 g/mol. The summed E-state index contributed by atoms with van der Waals surface area (Å²) in [6.07, 6.45) is -0.937. The summed E-state index contributed by atoms with van der Waals surface area (Å²) in [6, 6.07) is 13.5. The van der Waals surface area contributed by atoms with E-state index in [1.807, 2.05) is 30.3 Å². The van der Waals surface area contributed by atoms with Crippen molar-refractivity contribution in [3.05, 3.63) is 70.8 Å². The molecule has 2 aromatic rings. The van der Waals surface area contributed by atoms with E-state index in [-0.39, 0.29) is 17.5 Å². The number of aryl methyl sites for hydroxylation is 1. The van der Waals surface area contributed by atoms with Gasteiger partial charge in [0.1, 0.15) is 0 Å². The van der Waals surface area contributed by atoms with Crippen LogP contribution in [0, 0.1) is 6.92 Å². The maximum Gasteiger partial charge on any atom is 0.416 e. The van der Waals surface area contributed by atoms with Crippen LogP contribution in [0.4, 0.5) is 13.2 Å². The lowest BCUT2D eigenvalue weighted by atomic mass is 9.94. The Labute approximate surface area is 151 Å². The Hall–Kier alpha value is -2.30. The van der Waals surface area contributed by atoms with Crippen molar-refractivity contribution in [2.75, 3.05) is 6.54 Å². The van der Waals surface area contributed by atoms with Gasteiger partial charge in [0, 0.05) is 18.2 Å². The van der Waals surface area contributed by atoms with Gasteiger partial charge in [0.05, 0.1) is 5.56 Å². The largest absolute Gasteiger partial charge is 0.416 e. The Morgan fingerprint density at radius 3 is 2.54 bits per heavy atom. The minimum absolute atomic E-state index is 0.0218. The lowest BCUT2D eigenvalue weighted by Gasteiger charge is -2.36. The second-order valence-electron chi connectivity index (χ2n) is 6.92. The average Bonchev–Trinajstić information content (AvgIpc) is 2.61. The van der Waals surface area contributed by atoms with Gasteiger partial charge in [-0.3, -0.25) is 4.79 Å². The van der Waals surface area contributed by atoms with Gasteiger partial charge in [0.25, 0.3) is 5.91 Å². The Balaban J connectivity index is 1.86. The van der Waals surface area contributed by atoms with Gasteiger partial charge in [-0.15, -0.1) is 0 Å². The molecule has 1 heterocycles. The van der Waals surface area contributed by atoms with Crippen LogP contribution in [0.25, 0.3) is 0 Å². The van der Waals surface area contributed by atoms with Crippen LogP contribution >= 0.6 is 0 Å². The maximum absolute atomic E-state index is 13.1. The monoisotopic (exact) mass is 361 g/mol. The molecule has 138 valence electrons. The van der Waals surface area contributed by atoms with Crippen LogP contribution in [0.15, 0.2) is 48.5 Å². The zero-order valence-corrected chi connectivity index (χ0v) is 14.7. The number of hydrogen-bond donors (Lipinski definition) is 0. The molecule has 0 spiro atoms. The number of nitrogens with zero attached hydrogens (tertiary/aromatic N) is 1. The molecule has 0 aromatic heterocycles. The fourth-order valence-electron chi connectivity index (χ4n) is 3.60. The maximum atomic E-state index is 13.1. The first kappa shape index (κ1) is 18.5. The van der Waals surface area contributed by atoms with Crippen molar-refractivity contribution in [3.63, 3.8) is 0 Å². The molecule has 0 bridgehead atoms. The quantitative estimate of drug-likeness (QED) is 0.731. The van der Waals surface area contributed by atoms with Crippen molar-refractivity contribution >= 4 is 5.91 Å². The molecule has 2 nitrogen and oxygen atoms in total. The highest BCUT2D eigenvalue weighted by Gasteiger charge is 2.33. The number of likely N-dealkylation sites (tertiary alicyclic amines) is 1. The molecule has 2 aromatic carbocycles. The topological polar surface area (TPSA) is 20.3 Å². The van der Waals surface area contributed by atoms with Crippen LogP contribution in [-0.4, -0.2) is 23.4 Å². The van der Waals surface area contributed by atoms with Gasteiger partial charge in [-0.2, -0.15) is 13.2 Å². The van der Waals surface area contributed by atoms with Crippen LogP contribution < -0.4 is 0 Å².